The Morgan fingerprint density at radius 1 is 1.42 bits per heavy atom. The topological polar surface area (TPSA) is 35.5 Å². The summed E-state index contributed by atoms with van der Waals surface area (Å²) in [5.41, 5.74) is 2.13. The zero-order valence-corrected chi connectivity index (χ0v) is 11.3. The number of hydrogen-bond acceptors (Lipinski definition) is 3. The molecule has 3 nitrogen and oxygen atoms in total. The number of allylic oxidation sites excluding steroid dienone is 2. The van der Waals surface area contributed by atoms with E-state index >= 15 is 0 Å². The van der Waals surface area contributed by atoms with Crippen molar-refractivity contribution in [2.45, 2.75) is 13.3 Å². The van der Waals surface area contributed by atoms with E-state index in [1.165, 1.54) is 20.3 Å². The van der Waals surface area contributed by atoms with Crippen molar-refractivity contribution in [1.82, 2.24) is 0 Å². The highest BCUT2D eigenvalue weighted by atomic mass is 19.1. The highest BCUT2D eigenvalue weighted by Gasteiger charge is 2.10. The first-order chi connectivity index (χ1) is 9.03. The smallest absolute Gasteiger partial charge is 0.309 e. The Labute approximate surface area is 112 Å². The van der Waals surface area contributed by atoms with Gasteiger partial charge in [-0.05, 0) is 30.2 Å². The summed E-state index contributed by atoms with van der Waals surface area (Å²) in [7, 11) is 2.74. The molecule has 0 heterocycles. The molecule has 19 heavy (non-hydrogen) atoms. The molecule has 0 aliphatic rings. The van der Waals surface area contributed by atoms with Crippen LogP contribution >= 0.6 is 0 Å². The quantitative estimate of drug-likeness (QED) is 0.604. The molecule has 1 rings (SSSR count). The van der Waals surface area contributed by atoms with E-state index in [0.29, 0.717) is 11.1 Å². The van der Waals surface area contributed by atoms with Crippen LogP contribution in [0.1, 0.15) is 18.9 Å². The summed E-state index contributed by atoms with van der Waals surface area (Å²) in [6, 6.07) is 4.62. The molecule has 0 aliphatic carbocycles. The summed E-state index contributed by atoms with van der Waals surface area (Å²) < 4.78 is 23.1. The fraction of sp³-hybridized carbons (Fsp3) is 0.267. The van der Waals surface area contributed by atoms with Crippen molar-refractivity contribution in [2.24, 2.45) is 0 Å². The molecule has 0 N–H and O–H groups in total. The summed E-state index contributed by atoms with van der Waals surface area (Å²) >= 11 is 0. The molecule has 0 amide bonds. The van der Waals surface area contributed by atoms with Crippen LogP contribution < -0.4 is 4.74 Å². The lowest BCUT2D eigenvalue weighted by atomic mass is 9.98. The van der Waals surface area contributed by atoms with Gasteiger partial charge >= 0.3 is 5.97 Å². The fourth-order valence-corrected chi connectivity index (χ4v) is 1.76. The van der Waals surface area contributed by atoms with Gasteiger partial charge in [0.1, 0.15) is 0 Å². The van der Waals surface area contributed by atoms with Gasteiger partial charge in [0.2, 0.25) is 0 Å². The van der Waals surface area contributed by atoms with Gasteiger partial charge in [-0.1, -0.05) is 24.3 Å². The molecule has 0 atom stereocenters. The zero-order chi connectivity index (χ0) is 14.4. The van der Waals surface area contributed by atoms with E-state index in [1.807, 2.05) is 0 Å². The molecule has 0 unspecified atom stereocenters. The second-order valence-electron chi connectivity index (χ2n) is 4.00. The van der Waals surface area contributed by atoms with Gasteiger partial charge in [0.15, 0.2) is 11.6 Å². The average molecular weight is 264 g/mol. The molecular weight excluding hydrogens is 247 g/mol. The standard InChI is InChI=1S/C15H17FO3/c1-5-12(10(2)8-15(17)19-4)11-6-7-14(18-3)13(16)9-11/h5-7,9H,1,8H2,2-4H3/b12-10-. The second-order valence-corrected chi connectivity index (χ2v) is 4.00. The summed E-state index contributed by atoms with van der Waals surface area (Å²) in [4.78, 5) is 11.3. The molecular formula is C15H17FO3. The van der Waals surface area contributed by atoms with Crippen LogP contribution in [0.4, 0.5) is 4.39 Å². The number of carbonyl (C=O) groups excluding carboxylic acids is 1. The molecule has 0 saturated carbocycles. The minimum absolute atomic E-state index is 0.144. The van der Waals surface area contributed by atoms with E-state index in [-0.39, 0.29) is 18.1 Å². The van der Waals surface area contributed by atoms with Crippen LogP contribution in [-0.4, -0.2) is 20.2 Å². The van der Waals surface area contributed by atoms with E-state index in [2.05, 4.69) is 11.3 Å². The molecule has 0 fully saturated rings. The molecule has 0 aromatic heterocycles. The fourth-order valence-electron chi connectivity index (χ4n) is 1.76. The Bertz CT molecular complexity index is 518. The number of carbonyl (C=O) groups is 1. The summed E-state index contributed by atoms with van der Waals surface area (Å²) in [6.07, 6.45) is 1.74. The Kier molecular flexibility index (Phi) is 5.30. The molecule has 1 aromatic rings. The number of esters is 1. The van der Waals surface area contributed by atoms with Crippen molar-refractivity contribution in [3.8, 4) is 5.75 Å². The first-order valence-corrected chi connectivity index (χ1v) is 5.76. The normalized spacial score (nSPS) is 11.6. The van der Waals surface area contributed by atoms with E-state index in [0.717, 1.165) is 5.57 Å². The third kappa shape index (κ3) is 3.68. The molecule has 4 heteroatoms. The van der Waals surface area contributed by atoms with Crippen LogP contribution in [0.2, 0.25) is 0 Å². The molecule has 0 saturated heterocycles. The Morgan fingerprint density at radius 3 is 2.58 bits per heavy atom. The van der Waals surface area contributed by atoms with Crippen LogP contribution in [0.5, 0.6) is 5.75 Å². The maximum Gasteiger partial charge on any atom is 0.309 e. The Morgan fingerprint density at radius 2 is 2.11 bits per heavy atom. The summed E-state index contributed by atoms with van der Waals surface area (Å²) in [5.74, 6) is -0.617. The molecule has 0 spiro atoms. The van der Waals surface area contributed by atoms with E-state index in [1.54, 1.807) is 25.1 Å². The van der Waals surface area contributed by atoms with Crippen molar-refractivity contribution in [2.75, 3.05) is 14.2 Å². The lowest BCUT2D eigenvalue weighted by molar-refractivity contribution is -0.139. The van der Waals surface area contributed by atoms with Crippen LogP contribution in [0.15, 0.2) is 36.4 Å². The molecule has 0 bridgehead atoms. The van der Waals surface area contributed by atoms with Gasteiger partial charge in [-0.2, -0.15) is 0 Å². The Balaban J connectivity index is 3.16. The minimum atomic E-state index is -0.454. The number of ether oxygens (including phenoxy) is 2. The minimum Gasteiger partial charge on any atom is -0.494 e. The van der Waals surface area contributed by atoms with E-state index in [9.17, 15) is 9.18 Å². The maximum absolute atomic E-state index is 13.7. The number of benzene rings is 1. The number of halogens is 1. The van der Waals surface area contributed by atoms with Crippen LogP contribution in [-0.2, 0) is 9.53 Å². The summed E-state index contributed by atoms with van der Waals surface area (Å²) in [5, 5.41) is 0. The summed E-state index contributed by atoms with van der Waals surface area (Å²) in [6.45, 7) is 5.49. The lowest BCUT2D eigenvalue weighted by Gasteiger charge is -2.10. The van der Waals surface area contributed by atoms with Crippen molar-refractivity contribution in [3.63, 3.8) is 0 Å². The first-order valence-electron chi connectivity index (χ1n) is 5.76. The molecule has 0 aliphatic heterocycles. The van der Waals surface area contributed by atoms with Gasteiger partial charge < -0.3 is 9.47 Å². The first kappa shape index (κ1) is 15.0. The third-order valence-electron chi connectivity index (χ3n) is 2.76. The van der Waals surface area contributed by atoms with Gasteiger partial charge in [0.05, 0.1) is 20.6 Å². The van der Waals surface area contributed by atoms with Gasteiger partial charge in [0.25, 0.3) is 0 Å². The van der Waals surface area contributed by atoms with Crippen LogP contribution in [0.3, 0.4) is 0 Å². The molecule has 0 radical (unpaired) electrons. The lowest BCUT2D eigenvalue weighted by Crippen LogP contribution is -2.02. The van der Waals surface area contributed by atoms with Crippen LogP contribution in [0.25, 0.3) is 5.57 Å². The average Bonchev–Trinajstić information content (AvgIpc) is 2.39. The highest BCUT2D eigenvalue weighted by Crippen LogP contribution is 2.26. The van der Waals surface area contributed by atoms with Gasteiger partial charge in [-0.3, -0.25) is 4.79 Å². The predicted molar refractivity (Wildman–Crippen MR) is 72.4 cm³/mol. The van der Waals surface area contributed by atoms with Gasteiger partial charge in [-0.25, -0.2) is 4.39 Å². The zero-order valence-electron chi connectivity index (χ0n) is 11.3. The largest absolute Gasteiger partial charge is 0.494 e. The van der Waals surface area contributed by atoms with Crippen molar-refractivity contribution in [3.05, 3.63) is 47.8 Å². The monoisotopic (exact) mass is 264 g/mol. The molecule has 102 valence electrons. The van der Waals surface area contributed by atoms with Crippen molar-refractivity contribution < 1.29 is 18.7 Å². The SMILES string of the molecule is C=C/C(=C(\C)CC(=O)OC)c1ccc(OC)c(F)c1. The predicted octanol–water partition coefficient (Wildman–Crippen LogP) is 3.36. The van der Waals surface area contributed by atoms with E-state index < -0.39 is 5.82 Å². The van der Waals surface area contributed by atoms with Crippen molar-refractivity contribution in [1.29, 1.82) is 0 Å². The van der Waals surface area contributed by atoms with Gasteiger partial charge in [0, 0.05) is 0 Å². The highest BCUT2D eigenvalue weighted by molar-refractivity contribution is 5.82. The number of hydrogen-bond donors (Lipinski definition) is 0. The third-order valence-corrected chi connectivity index (χ3v) is 2.76. The van der Waals surface area contributed by atoms with Crippen molar-refractivity contribution >= 4 is 11.5 Å². The maximum atomic E-state index is 13.7. The Hall–Kier alpha value is -2.10. The van der Waals surface area contributed by atoms with E-state index in [4.69, 9.17) is 4.74 Å². The number of methoxy groups -OCH3 is 2. The molecule has 1 aromatic carbocycles. The second kappa shape index (κ2) is 6.73. The van der Waals surface area contributed by atoms with Gasteiger partial charge in [-0.15, -0.1) is 0 Å². The number of rotatable bonds is 5. The van der Waals surface area contributed by atoms with Crippen LogP contribution in [0, 0.1) is 5.82 Å².